The van der Waals surface area contributed by atoms with Crippen molar-refractivity contribution >= 4 is 5.95 Å². The molecule has 0 saturated carbocycles. The van der Waals surface area contributed by atoms with Gasteiger partial charge < -0.3 is 4.90 Å². The topological polar surface area (TPSA) is 75.5 Å². The lowest BCUT2D eigenvalue weighted by Crippen LogP contribution is -2.25. The summed E-state index contributed by atoms with van der Waals surface area (Å²) < 4.78 is 121. The minimum atomic E-state index is -5.09. The molecule has 0 fully saturated rings. The van der Waals surface area contributed by atoms with E-state index in [2.05, 4.69) is 25.6 Å². The van der Waals surface area contributed by atoms with Gasteiger partial charge in [-0.05, 0) is 59.2 Å². The maximum Gasteiger partial charge on any atom is 0.416 e. The first-order valence-electron chi connectivity index (χ1n) is 11.0. The Hall–Kier alpha value is -4.11. The van der Waals surface area contributed by atoms with Crippen LogP contribution in [0.2, 0.25) is 0 Å². The van der Waals surface area contributed by atoms with Crippen molar-refractivity contribution in [1.29, 1.82) is 0 Å². The van der Waals surface area contributed by atoms with Crippen LogP contribution in [0.25, 0.3) is 11.3 Å². The van der Waals surface area contributed by atoms with Crippen molar-refractivity contribution in [2.45, 2.75) is 38.5 Å². The van der Waals surface area contributed by atoms with E-state index in [4.69, 9.17) is 0 Å². The molecule has 0 saturated heterocycles. The highest BCUT2D eigenvalue weighted by atomic mass is 19.4. The summed E-state index contributed by atoms with van der Waals surface area (Å²) in [6.45, 7) is 0.612. The minimum absolute atomic E-state index is 0.0136. The molecule has 2 aromatic heterocycles. The van der Waals surface area contributed by atoms with E-state index in [0.29, 0.717) is 23.4 Å². The number of H-pyrrole nitrogens is 1. The number of rotatable bonds is 6. The number of halogens is 9. The second kappa shape index (κ2) is 9.89. The maximum absolute atomic E-state index is 13.6. The van der Waals surface area contributed by atoms with Gasteiger partial charge in [0.05, 0.1) is 35.6 Å². The summed E-state index contributed by atoms with van der Waals surface area (Å²) in [4.78, 5) is 2.12. The summed E-state index contributed by atoms with van der Waals surface area (Å²) >= 11 is 0. The molecule has 2 heterocycles. The largest absolute Gasteiger partial charge is 0.416 e. The van der Waals surface area contributed by atoms with Crippen LogP contribution in [0.4, 0.5) is 45.5 Å². The molecule has 4 rings (SSSR count). The van der Waals surface area contributed by atoms with Crippen LogP contribution in [0.5, 0.6) is 0 Å². The van der Waals surface area contributed by atoms with Crippen LogP contribution in [0.1, 0.15) is 33.4 Å². The summed E-state index contributed by atoms with van der Waals surface area (Å²) in [5.74, 6) is -0.229. The molecule has 0 aliphatic carbocycles. The molecule has 0 aliphatic rings. The van der Waals surface area contributed by atoms with Crippen molar-refractivity contribution in [2.75, 3.05) is 4.90 Å². The predicted octanol–water partition coefficient (Wildman–Crippen LogP) is 6.17. The Morgan fingerprint density at radius 2 is 1.44 bits per heavy atom. The van der Waals surface area contributed by atoms with E-state index in [1.165, 1.54) is 19.3 Å². The number of anilines is 1. The van der Waals surface area contributed by atoms with Crippen LogP contribution in [0.15, 0.2) is 42.6 Å². The fraction of sp³-hybridized carbons (Fsp3) is 0.304. The lowest BCUT2D eigenvalue weighted by Gasteiger charge is -2.24. The summed E-state index contributed by atoms with van der Waals surface area (Å²) in [6.07, 6.45) is -13.5. The standard InChI is InChI=1S/C23H18F9N7/c1-12-9-33-34-19(12)18-4-3-15(21(24,25)26)7-14(18)11-39(20-35-37-38(2)36-20)10-13-5-16(22(27,28)29)8-17(6-13)23(30,31)32/h3-9H,10-11H2,1-2H3,(H,33,34). The van der Waals surface area contributed by atoms with Crippen LogP contribution < -0.4 is 4.90 Å². The lowest BCUT2D eigenvalue weighted by molar-refractivity contribution is -0.143. The van der Waals surface area contributed by atoms with Gasteiger partial charge in [0.1, 0.15) is 0 Å². The van der Waals surface area contributed by atoms with E-state index >= 15 is 0 Å². The van der Waals surface area contributed by atoms with Crippen LogP contribution in [-0.2, 0) is 38.7 Å². The Labute approximate surface area is 214 Å². The van der Waals surface area contributed by atoms with Crippen molar-refractivity contribution in [3.8, 4) is 11.3 Å². The number of nitrogens with zero attached hydrogens (tertiary/aromatic N) is 6. The molecule has 39 heavy (non-hydrogen) atoms. The average molecular weight is 563 g/mol. The first kappa shape index (κ1) is 27.9. The Bertz CT molecular complexity index is 1430. The number of nitrogens with one attached hydrogen (secondary N) is 1. The van der Waals surface area contributed by atoms with Crippen molar-refractivity contribution in [3.63, 3.8) is 0 Å². The third-order valence-electron chi connectivity index (χ3n) is 5.69. The third kappa shape index (κ3) is 6.31. The number of aromatic nitrogens is 6. The van der Waals surface area contributed by atoms with Crippen molar-refractivity contribution < 1.29 is 39.5 Å². The number of aryl methyl sites for hydroxylation is 2. The fourth-order valence-corrected chi connectivity index (χ4v) is 3.90. The van der Waals surface area contributed by atoms with Gasteiger partial charge in [0.2, 0.25) is 0 Å². The second-order valence-electron chi connectivity index (χ2n) is 8.65. The van der Waals surface area contributed by atoms with Gasteiger partial charge in [-0.25, -0.2) is 0 Å². The molecule has 1 N–H and O–H groups in total. The zero-order valence-electron chi connectivity index (χ0n) is 20.0. The van der Waals surface area contributed by atoms with Crippen molar-refractivity contribution in [1.82, 2.24) is 30.4 Å². The molecular weight excluding hydrogens is 545 g/mol. The number of benzene rings is 2. The number of alkyl halides is 9. The van der Waals surface area contributed by atoms with Crippen molar-refractivity contribution in [3.05, 3.63) is 76.0 Å². The van der Waals surface area contributed by atoms with E-state index in [9.17, 15) is 39.5 Å². The highest BCUT2D eigenvalue weighted by molar-refractivity contribution is 5.67. The zero-order valence-corrected chi connectivity index (χ0v) is 20.0. The molecule has 0 aliphatic heterocycles. The average Bonchev–Trinajstić information content (AvgIpc) is 3.44. The first-order chi connectivity index (χ1) is 18.0. The molecule has 16 heteroatoms. The van der Waals surface area contributed by atoms with E-state index in [-0.39, 0.29) is 23.1 Å². The number of hydrogen-bond donors (Lipinski definition) is 1. The minimum Gasteiger partial charge on any atom is -0.330 e. The smallest absolute Gasteiger partial charge is 0.330 e. The van der Waals surface area contributed by atoms with Crippen LogP contribution in [-0.4, -0.2) is 30.4 Å². The molecular formula is C23H18F9N7. The normalized spacial score (nSPS) is 12.7. The molecule has 0 unspecified atom stereocenters. The molecule has 0 radical (unpaired) electrons. The van der Waals surface area contributed by atoms with Gasteiger partial charge in [0.25, 0.3) is 5.95 Å². The predicted molar refractivity (Wildman–Crippen MR) is 119 cm³/mol. The lowest BCUT2D eigenvalue weighted by atomic mass is 9.98. The summed E-state index contributed by atoms with van der Waals surface area (Å²) in [6, 6.07) is 3.95. The van der Waals surface area contributed by atoms with Crippen LogP contribution in [0.3, 0.4) is 0 Å². The van der Waals surface area contributed by atoms with Gasteiger partial charge >= 0.3 is 18.5 Å². The van der Waals surface area contributed by atoms with Gasteiger partial charge in [-0.1, -0.05) is 11.2 Å². The Balaban J connectivity index is 1.84. The summed E-state index contributed by atoms with van der Waals surface area (Å²) in [7, 11) is 1.37. The highest BCUT2D eigenvalue weighted by Crippen LogP contribution is 2.38. The molecule has 0 atom stereocenters. The Morgan fingerprint density at radius 3 is 1.92 bits per heavy atom. The maximum atomic E-state index is 13.6. The van der Waals surface area contributed by atoms with Gasteiger partial charge in [-0.3, -0.25) is 5.10 Å². The molecule has 0 spiro atoms. The quantitative estimate of drug-likeness (QED) is 0.284. The number of hydrogen-bond acceptors (Lipinski definition) is 5. The molecule has 0 amide bonds. The van der Waals surface area contributed by atoms with E-state index in [0.717, 1.165) is 21.8 Å². The number of tetrazole rings is 1. The summed E-state index contributed by atoms with van der Waals surface area (Å²) in [5.41, 5.74) is -3.21. The molecule has 208 valence electrons. The Morgan fingerprint density at radius 1 is 0.821 bits per heavy atom. The molecule has 2 aromatic carbocycles. The van der Waals surface area contributed by atoms with E-state index < -0.39 is 53.9 Å². The van der Waals surface area contributed by atoms with Crippen LogP contribution in [0, 0.1) is 6.92 Å². The van der Waals surface area contributed by atoms with E-state index in [1.807, 2.05) is 0 Å². The van der Waals surface area contributed by atoms with Gasteiger partial charge in [-0.15, -0.1) is 5.10 Å². The Kier molecular flexibility index (Phi) is 7.08. The SMILES string of the molecule is Cc1cn[nH]c1-c1ccc(C(F)(F)F)cc1CN(Cc1cc(C(F)(F)F)cc(C(F)(F)F)c1)c1nnn(C)n1. The van der Waals surface area contributed by atoms with Gasteiger partial charge in [0, 0.05) is 18.7 Å². The van der Waals surface area contributed by atoms with Crippen LogP contribution >= 0.6 is 0 Å². The van der Waals surface area contributed by atoms with Crippen molar-refractivity contribution in [2.24, 2.45) is 7.05 Å². The molecule has 7 nitrogen and oxygen atoms in total. The second-order valence-corrected chi connectivity index (χ2v) is 8.65. The monoisotopic (exact) mass is 563 g/mol. The van der Waals surface area contributed by atoms with Gasteiger partial charge in [-0.2, -0.15) is 49.4 Å². The van der Waals surface area contributed by atoms with Gasteiger partial charge in [0.15, 0.2) is 0 Å². The number of aromatic amines is 1. The fourth-order valence-electron chi connectivity index (χ4n) is 3.90. The first-order valence-corrected chi connectivity index (χ1v) is 11.0. The molecule has 4 aromatic rings. The summed E-state index contributed by atoms with van der Waals surface area (Å²) in [5, 5.41) is 17.9. The van der Waals surface area contributed by atoms with E-state index in [1.54, 1.807) is 6.92 Å². The third-order valence-corrected chi connectivity index (χ3v) is 5.69. The zero-order chi connectivity index (χ0) is 28.8. The molecule has 0 bridgehead atoms. The highest BCUT2D eigenvalue weighted by Gasteiger charge is 2.37.